The second kappa shape index (κ2) is 9.73. The summed E-state index contributed by atoms with van der Waals surface area (Å²) in [6, 6.07) is 5.32. The van der Waals surface area contributed by atoms with Crippen molar-refractivity contribution >= 4 is 23.8 Å². The molecule has 0 aliphatic rings. The molecule has 0 atom stereocenters. The average molecular weight is 398 g/mol. The lowest BCUT2D eigenvalue weighted by atomic mass is 10.1. The number of ether oxygens (including phenoxy) is 1. The largest absolute Gasteiger partial charge is 0.451 e. The van der Waals surface area contributed by atoms with E-state index in [0.717, 1.165) is 29.9 Å². The minimum absolute atomic E-state index is 0.161. The number of aromatic nitrogens is 2. The maximum Gasteiger partial charge on any atom is 0.349 e. The van der Waals surface area contributed by atoms with Crippen LogP contribution in [0.3, 0.4) is 0 Å². The monoisotopic (exact) mass is 398 g/mol. The first-order valence-corrected chi connectivity index (χ1v) is 9.40. The topological polar surface area (TPSA) is 110 Å². The summed E-state index contributed by atoms with van der Waals surface area (Å²) in [7, 11) is 0. The van der Waals surface area contributed by atoms with Crippen LogP contribution < -0.4 is 5.32 Å². The molecule has 2 aromatic rings. The Kier molecular flexibility index (Phi) is 7.37. The van der Waals surface area contributed by atoms with Gasteiger partial charge in [0.2, 0.25) is 5.88 Å². The average Bonchev–Trinajstić information content (AvgIpc) is 3.18. The summed E-state index contributed by atoms with van der Waals surface area (Å²) in [6.45, 7) is 10.3. The molecule has 0 saturated heterocycles. The van der Waals surface area contributed by atoms with E-state index < -0.39 is 18.5 Å². The van der Waals surface area contributed by atoms with Crippen LogP contribution in [0.5, 0.6) is 0 Å². The van der Waals surface area contributed by atoms with Crippen molar-refractivity contribution in [2.75, 3.05) is 11.9 Å². The van der Waals surface area contributed by atoms with E-state index in [-0.39, 0.29) is 11.5 Å². The Hall–Kier alpha value is -3.34. The number of carbonyl (C=O) groups excluding carboxylic acids is 2. The van der Waals surface area contributed by atoms with E-state index in [1.54, 1.807) is 6.92 Å². The van der Waals surface area contributed by atoms with Crippen LogP contribution in [0.4, 0.5) is 5.88 Å². The van der Waals surface area contributed by atoms with Crippen LogP contribution in [0.25, 0.3) is 6.08 Å². The van der Waals surface area contributed by atoms with Crippen molar-refractivity contribution in [3.63, 3.8) is 0 Å². The quantitative estimate of drug-likeness (QED) is 0.414. The van der Waals surface area contributed by atoms with Gasteiger partial charge in [0, 0.05) is 24.0 Å². The third-order valence-electron chi connectivity index (χ3n) is 4.41. The second-order valence-electron chi connectivity index (χ2n) is 7.29. The number of nitrogens with zero attached hydrogens (tertiary/aromatic N) is 3. The summed E-state index contributed by atoms with van der Waals surface area (Å²) < 4.78 is 12.0. The number of hydrogen-bond acceptors (Lipinski definition) is 6. The zero-order valence-corrected chi connectivity index (χ0v) is 17.4. The van der Waals surface area contributed by atoms with Gasteiger partial charge in [-0.15, -0.1) is 0 Å². The Balaban J connectivity index is 2.03. The van der Waals surface area contributed by atoms with Crippen molar-refractivity contribution in [2.24, 2.45) is 5.92 Å². The number of esters is 1. The van der Waals surface area contributed by atoms with E-state index in [2.05, 4.69) is 28.9 Å². The lowest BCUT2D eigenvalue weighted by molar-refractivity contribution is -0.142. The Morgan fingerprint density at radius 1 is 1.34 bits per heavy atom. The van der Waals surface area contributed by atoms with Gasteiger partial charge in [-0.05, 0) is 50.8 Å². The lowest BCUT2D eigenvalue weighted by Crippen LogP contribution is -2.21. The molecule has 0 aromatic carbocycles. The van der Waals surface area contributed by atoms with Gasteiger partial charge in [-0.1, -0.05) is 19.0 Å². The molecule has 2 rings (SSSR count). The lowest BCUT2D eigenvalue weighted by Gasteiger charge is -2.11. The normalized spacial score (nSPS) is 11.4. The van der Waals surface area contributed by atoms with Crippen molar-refractivity contribution in [3.8, 4) is 6.07 Å². The van der Waals surface area contributed by atoms with Crippen LogP contribution >= 0.6 is 0 Å². The first kappa shape index (κ1) is 22.0. The van der Waals surface area contributed by atoms with Gasteiger partial charge in [-0.2, -0.15) is 5.26 Å². The van der Waals surface area contributed by atoms with Crippen LogP contribution in [0.1, 0.15) is 42.9 Å². The highest BCUT2D eigenvalue weighted by Gasteiger charge is 2.16. The molecular formula is C21H26N4O4. The summed E-state index contributed by atoms with van der Waals surface area (Å²) in [4.78, 5) is 24.1. The number of nitrogens with one attached hydrogen (secondary N) is 1. The van der Waals surface area contributed by atoms with Gasteiger partial charge in [0.05, 0.1) is 5.69 Å². The molecule has 2 heterocycles. The molecule has 29 heavy (non-hydrogen) atoms. The van der Waals surface area contributed by atoms with Crippen molar-refractivity contribution in [2.45, 2.75) is 47.6 Å². The van der Waals surface area contributed by atoms with Crippen molar-refractivity contribution in [1.29, 1.82) is 5.26 Å². The number of anilines is 1. The Morgan fingerprint density at radius 2 is 2.07 bits per heavy atom. The molecule has 8 heteroatoms. The van der Waals surface area contributed by atoms with Gasteiger partial charge in [-0.25, -0.2) is 4.79 Å². The number of amides is 1. The molecule has 0 bridgehead atoms. The van der Waals surface area contributed by atoms with Crippen LogP contribution in [-0.2, 0) is 20.9 Å². The molecule has 0 unspecified atom stereocenters. The number of rotatable bonds is 8. The van der Waals surface area contributed by atoms with Gasteiger partial charge in [0.1, 0.15) is 11.6 Å². The zero-order valence-electron chi connectivity index (χ0n) is 17.4. The maximum absolute atomic E-state index is 12.2. The molecule has 2 aromatic heterocycles. The third kappa shape index (κ3) is 6.07. The predicted octanol–water partition coefficient (Wildman–Crippen LogP) is 3.54. The summed E-state index contributed by atoms with van der Waals surface area (Å²) >= 11 is 0. The second-order valence-corrected chi connectivity index (χ2v) is 7.29. The Bertz CT molecular complexity index is 960. The molecule has 0 aliphatic carbocycles. The van der Waals surface area contributed by atoms with E-state index in [4.69, 9.17) is 9.26 Å². The third-order valence-corrected chi connectivity index (χ3v) is 4.41. The fourth-order valence-corrected chi connectivity index (χ4v) is 2.80. The zero-order chi connectivity index (χ0) is 21.6. The number of carbonyl (C=O) groups is 2. The molecule has 0 fully saturated rings. The van der Waals surface area contributed by atoms with E-state index in [1.165, 1.54) is 12.1 Å². The Labute approximate surface area is 170 Å². The van der Waals surface area contributed by atoms with Crippen LogP contribution in [0.2, 0.25) is 0 Å². The molecule has 0 aliphatic heterocycles. The van der Waals surface area contributed by atoms with Gasteiger partial charge in [0.15, 0.2) is 6.61 Å². The molecule has 8 nitrogen and oxygen atoms in total. The molecule has 0 saturated carbocycles. The highest BCUT2D eigenvalue weighted by Crippen LogP contribution is 2.20. The van der Waals surface area contributed by atoms with Crippen LogP contribution in [0, 0.1) is 38.0 Å². The first-order valence-electron chi connectivity index (χ1n) is 9.40. The summed E-state index contributed by atoms with van der Waals surface area (Å²) in [6.07, 6.45) is 2.53. The van der Waals surface area contributed by atoms with Crippen molar-refractivity contribution in [3.05, 3.63) is 40.4 Å². The SMILES string of the molecule is Cc1cc(NC(=O)COC(=O)/C(C#N)=C/c2cc(C)n(CCC(C)C)c2C)on1. The van der Waals surface area contributed by atoms with E-state index in [0.29, 0.717) is 11.6 Å². The summed E-state index contributed by atoms with van der Waals surface area (Å²) in [5, 5.41) is 15.4. The van der Waals surface area contributed by atoms with Gasteiger partial charge in [0.25, 0.3) is 5.91 Å². The molecule has 154 valence electrons. The first-order chi connectivity index (χ1) is 13.7. The van der Waals surface area contributed by atoms with Crippen molar-refractivity contribution < 1.29 is 18.8 Å². The smallest absolute Gasteiger partial charge is 0.349 e. The fourth-order valence-electron chi connectivity index (χ4n) is 2.80. The predicted molar refractivity (Wildman–Crippen MR) is 108 cm³/mol. The number of hydrogen-bond donors (Lipinski definition) is 1. The van der Waals surface area contributed by atoms with E-state index in [9.17, 15) is 14.9 Å². The number of nitriles is 1. The van der Waals surface area contributed by atoms with Crippen LogP contribution in [0.15, 0.2) is 22.2 Å². The highest BCUT2D eigenvalue weighted by atomic mass is 16.5. The molecular weight excluding hydrogens is 372 g/mol. The van der Waals surface area contributed by atoms with Gasteiger partial charge in [-0.3, -0.25) is 10.1 Å². The molecule has 1 N–H and O–H groups in total. The van der Waals surface area contributed by atoms with E-state index in [1.807, 2.05) is 26.0 Å². The van der Waals surface area contributed by atoms with Gasteiger partial charge < -0.3 is 13.8 Å². The maximum atomic E-state index is 12.2. The van der Waals surface area contributed by atoms with Gasteiger partial charge >= 0.3 is 5.97 Å². The molecule has 1 amide bonds. The van der Waals surface area contributed by atoms with E-state index >= 15 is 0 Å². The minimum Gasteiger partial charge on any atom is -0.451 e. The summed E-state index contributed by atoms with van der Waals surface area (Å²) in [5.41, 5.74) is 3.25. The standard InChI is InChI=1S/C21H26N4O4/c1-13(2)6-7-25-15(4)9-17(16(25)5)10-18(11-22)21(27)28-12-19(26)23-20-8-14(3)24-29-20/h8-10,13H,6-7,12H2,1-5H3,(H,23,26)/b18-10+. The van der Waals surface area contributed by atoms with Crippen LogP contribution in [-0.4, -0.2) is 28.2 Å². The highest BCUT2D eigenvalue weighted by molar-refractivity contribution is 6.00. The minimum atomic E-state index is -0.858. The summed E-state index contributed by atoms with van der Waals surface area (Å²) in [5.74, 6) is -0.706. The Morgan fingerprint density at radius 3 is 2.66 bits per heavy atom. The fraction of sp³-hybridized carbons (Fsp3) is 0.429. The van der Waals surface area contributed by atoms with Crippen molar-refractivity contribution in [1.82, 2.24) is 9.72 Å². The molecule has 0 radical (unpaired) electrons. The number of aryl methyl sites for hydroxylation is 2. The molecule has 0 spiro atoms.